The summed E-state index contributed by atoms with van der Waals surface area (Å²) in [7, 11) is 0. The lowest BCUT2D eigenvalue weighted by Crippen LogP contribution is -1.95. The van der Waals surface area contributed by atoms with Crippen LogP contribution in [-0.4, -0.2) is 13.7 Å². The topological polar surface area (TPSA) is 14.8 Å². The predicted octanol–water partition coefficient (Wildman–Crippen LogP) is 15.5. The summed E-state index contributed by atoms with van der Waals surface area (Å²) in [5.41, 5.74) is 15.5. The summed E-state index contributed by atoms with van der Waals surface area (Å²) in [4.78, 5) is 0. The quantitative estimate of drug-likeness (QED) is 0.165. The van der Waals surface area contributed by atoms with Crippen LogP contribution < -0.4 is 0 Å². The van der Waals surface area contributed by atoms with Crippen molar-refractivity contribution >= 4 is 76.2 Å². The summed E-state index contributed by atoms with van der Waals surface area (Å²) in [5, 5.41) is 9.92. The Labute approximate surface area is 352 Å². The second-order valence-corrected chi connectivity index (χ2v) is 16.1. The SMILES string of the molecule is c1ccc(-c2ccc(-n3c4ccc(-c5ccc6c(c5)c5ccccc5n6-c5cccc6ccccc56)cc4c4cc5c(cc43)c3ccccc3n5-c3ccccc3)cc2)cc1. The van der Waals surface area contributed by atoms with E-state index in [1.54, 1.807) is 0 Å². The number of fused-ring (bicyclic) bond motifs is 10. The summed E-state index contributed by atoms with van der Waals surface area (Å²) >= 11 is 0. The van der Waals surface area contributed by atoms with Crippen LogP contribution in [0.1, 0.15) is 0 Å². The molecule has 13 rings (SSSR count). The molecular formula is C58H37N3. The number of hydrogen-bond acceptors (Lipinski definition) is 0. The van der Waals surface area contributed by atoms with Gasteiger partial charge in [-0.3, -0.25) is 0 Å². The van der Waals surface area contributed by atoms with Crippen molar-refractivity contribution in [2.75, 3.05) is 0 Å². The van der Waals surface area contributed by atoms with Gasteiger partial charge in [0.1, 0.15) is 0 Å². The van der Waals surface area contributed by atoms with Gasteiger partial charge in [-0.2, -0.15) is 0 Å². The Hall–Kier alpha value is -8.14. The summed E-state index contributed by atoms with van der Waals surface area (Å²) < 4.78 is 7.32. The fraction of sp³-hybridized carbons (Fsp3) is 0. The number of nitrogens with zero attached hydrogens (tertiary/aromatic N) is 3. The number of para-hydroxylation sites is 3. The third-order valence-electron chi connectivity index (χ3n) is 12.8. The number of rotatable bonds is 5. The Bertz CT molecular complexity index is 3840. The molecule has 0 aliphatic carbocycles. The molecule has 0 spiro atoms. The maximum atomic E-state index is 2.46. The molecule has 3 aromatic heterocycles. The van der Waals surface area contributed by atoms with E-state index in [2.05, 4.69) is 238 Å². The molecule has 3 nitrogen and oxygen atoms in total. The van der Waals surface area contributed by atoms with Crippen molar-refractivity contribution in [3.05, 3.63) is 224 Å². The molecule has 0 unspecified atom stereocenters. The number of hydrogen-bond donors (Lipinski definition) is 0. The van der Waals surface area contributed by atoms with Crippen molar-refractivity contribution in [2.24, 2.45) is 0 Å². The predicted molar refractivity (Wildman–Crippen MR) is 258 cm³/mol. The zero-order chi connectivity index (χ0) is 40.0. The molecule has 0 saturated carbocycles. The maximum absolute atomic E-state index is 2.46. The van der Waals surface area contributed by atoms with E-state index in [4.69, 9.17) is 0 Å². The molecule has 13 aromatic rings. The minimum absolute atomic E-state index is 1.14. The first kappa shape index (κ1) is 33.8. The molecule has 0 N–H and O–H groups in total. The third-order valence-corrected chi connectivity index (χ3v) is 12.8. The van der Waals surface area contributed by atoms with E-state index in [1.165, 1.54) is 104 Å². The highest BCUT2D eigenvalue weighted by Crippen LogP contribution is 2.42. The van der Waals surface area contributed by atoms with Crippen molar-refractivity contribution in [3.8, 4) is 39.3 Å². The van der Waals surface area contributed by atoms with Crippen molar-refractivity contribution in [1.29, 1.82) is 0 Å². The standard InChI is InChI=1S/C58H37N3/c1-3-14-38(15-4-1)39-26-30-44(31-27-39)60-55-32-28-42(35-49(55)51-37-57-50(36-58(51)60)47-22-9-11-23-53(47)59(57)43-18-5-2-6-19-43)41-29-33-56-48(34-41)46-21-10-12-24-54(46)61(56)52-25-13-17-40-16-7-8-20-45(40)52/h1-37H. The van der Waals surface area contributed by atoms with E-state index in [0.29, 0.717) is 0 Å². The van der Waals surface area contributed by atoms with E-state index < -0.39 is 0 Å². The lowest BCUT2D eigenvalue weighted by atomic mass is 10.00. The van der Waals surface area contributed by atoms with Gasteiger partial charge in [-0.1, -0.05) is 146 Å². The van der Waals surface area contributed by atoms with Crippen LogP contribution in [0.2, 0.25) is 0 Å². The molecule has 3 heterocycles. The van der Waals surface area contributed by atoms with Gasteiger partial charge in [0.05, 0.1) is 38.8 Å². The molecule has 0 atom stereocenters. The van der Waals surface area contributed by atoms with E-state index >= 15 is 0 Å². The first-order valence-corrected chi connectivity index (χ1v) is 21.0. The highest BCUT2D eigenvalue weighted by molar-refractivity contribution is 6.20. The van der Waals surface area contributed by atoms with Gasteiger partial charge in [0, 0.05) is 49.1 Å². The van der Waals surface area contributed by atoms with E-state index in [0.717, 1.165) is 11.4 Å². The molecule has 0 saturated heterocycles. The highest BCUT2D eigenvalue weighted by atomic mass is 15.0. The molecular weight excluding hydrogens is 739 g/mol. The minimum Gasteiger partial charge on any atom is -0.309 e. The van der Waals surface area contributed by atoms with Gasteiger partial charge >= 0.3 is 0 Å². The van der Waals surface area contributed by atoms with Gasteiger partial charge in [0.2, 0.25) is 0 Å². The van der Waals surface area contributed by atoms with Crippen LogP contribution in [0.15, 0.2) is 224 Å². The average molecular weight is 776 g/mol. The largest absolute Gasteiger partial charge is 0.309 e. The zero-order valence-corrected chi connectivity index (χ0v) is 33.2. The Morgan fingerprint density at radius 3 is 1.31 bits per heavy atom. The molecule has 284 valence electrons. The van der Waals surface area contributed by atoms with Crippen LogP contribution in [0, 0.1) is 0 Å². The van der Waals surface area contributed by atoms with Crippen LogP contribution in [0.3, 0.4) is 0 Å². The lowest BCUT2D eigenvalue weighted by molar-refractivity contribution is 1.17. The average Bonchev–Trinajstić information content (AvgIpc) is 3.96. The maximum Gasteiger partial charge on any atom is 0.0548 e. The summed E-state index contributed by atoms with van der Waals surface area (Å²) in [6.07, 6.45) is 0. The van der Waals surface area contributed by atoms with Crippen molar-refractivity contribution < 1.29 is 0 Å². The Morgan fingerprint density at radius 1 is 0.213 bits per heavy atom. The van der Waals surface area contributed by atoms with Crippen LogP contribution in [0.25, 0.3) is 116 Å². The summed E-state index contributed by atoms with van der Waals surface area (Å²) in [6.45, 7) is 0. The van der Waals surface area contributed by atoms with Crippen LogP contribution in [-0.2, 0) is 0 Å². The fourth-order valence-electron chi connectivity index (χ4n) is 10.0. The first-order valence-electron chi connectivity index (χ1n) is 21.0. The van der Waals surface area contributed by atoms with E-state index in [-0.39, 0.29) is 0 Å². The second kappa shape index (κ2) is 13.2. The van der Waals surface area contributed by atoms with Crippen molar-refractivity contribution in [3.63, 3.8) is 0 Å². The van der Waals surface area contributed by atoms with Gasteiger partial charge < -0.3 is 13.7 Å². The van der Waals surface area contributed by atoms with Gasteiger partial charge in [-0.05, 0) is 107 Å². The molecule has 10 aromatic carbocycles. The van der Waals surface area contributed by atoms with E-state index in [1.807, 2.05) is 0 Å². The second-order valence-electron chi connectivity index (χ2n) is 16.1. The van der Waals surface area contributed by atoms with Gasteiger partial charge in [0.15, 0.2) is 0 Å². The molecule has 0 aliphatic rings. The number of aromatic nitrogens is 3. The van der Waals surface area contributed by atoms with Crippen molar-refractivity contribution in [1.82, 2.24) is 13.7 Å². The van der Waals surface area contributed by atoms with Crippen LogP contribution in [0.4, 0.5) is 0 Å². The molecule has 0 aliphatic heterocycles. The van der Waals surface area contributed by atoms with E-state index in [9.17, 15) is 0 Å². The fourth-order valence-corrected chi connectivity index (χ4v) is 10.0. The number of benzene rings is 10. The summed E-state index contributed by atoms with van der Waals surface area (Å²) in [6, 6.07) is 82.3. The Morgan fingerprint density at radius 2 is 0.639 bits per heavy atom. The molecule has 0 radical (unpaired) electrons. The Kier molecular flexibility index (Phi) is 7.31. The lowest BCUT2D eigenvalue weighted by Gasteiger charge is -2.12. The molecule has 3 heteroatoms. The van der Waals surface area contributed by atoms with Crippen molar-refractivity contribution in [2.45, 2.75) is 0 Å². The third kappa shape index (κ3) is 5.11. The molecule has 0 bridgehead atoms. The minimum atomic E-state index is 1.14. The molecule has 0 fully saturated rings. The Balaban J connectivity index is 1.06. The van der Waals surface area contributed by atoms with Crippen LogP contribution in [0.5, 0.6) is 0 Å². The molecule has 0 amide bonds. The van der Waals surface area contributed by atoms with Gasteiger partial charge in [0.25, 0.3) is 0 Å². The normalized spacial score (nSPS) is 11.9. The molecule has 61 heavy (non-hydrogen) atoms. The van der Waals surface area contributed by atoms with Gasteiger partial charge in [-0.25, -0.2) is 0 Å². The first-order chi connectivity index (χ1) is 30.3. The smallest absolute Gasteiger partial charge is 0.0548 e. The highest BCUT2D eigenvalue weighted by Gasteiger charge is 2.20. The van der Waals surface area contributed by atoms with Gasteiger partial charge in [-0.15, -0.1) is 0 Å². The van der Waals surface area contributed by atoms with Crippen LogP contribution >= 0.6 is 0 Å². The summed E-state index contributed by atoms with van der Waals surface area (Å²) in [5.74, 6) is 0. The zero-order valence-electron chi connectivity index (χ0n) is 33.2. The monoisotopic (exact) mass is 775 g/mol.